The zero-order valence-corrected chi connectivity index (χ0v) is 15.4. The number of benzene rings is 1. The van der Waals surface area contributed by atoms with Gasteiger partial charge in [0.2, 0.25) is 0 Å². The van der Waals surface area contributed by atoms with E-state index in [1.165, 1.54) is 35.3 Å². The van der Waals surface area contributed by atoms with Crippen molar-refractivity contribution in [3.8, 4) is 0 Å². The van der Waals surface area contributed by atoms with Gasteiger partial charge in [-0.15, -0.1) is 11.3 Å². The smallest absolute Gasteiger partial charge is 0.432 e. The van der Waals surface area contributed by atoms with Gasteiger partial charge < -0.3 is 14.7 Å². The van der Waals surface area contributed by atoms with Crippen LogP contribution in [0, 0.1) is 0 Å². The maximum Gasteiger partial charge on any atom is 0.432 e. The minimum absolute atomic E-state index is 0.289. The quantitative estimate of drug-likeness (QED) is 0.749. The van der Waals surface area contributed by atoms with Crippen LogP contribution in [0.15, 0.2) is 41.8 Å². The van der Waals surface area contributed by atoms with Crippen molar-refractivity contribution in [1.82, 2.24) is 0 Å². The van der Waals surface area contributed by atoms with Gasteiger partial charge in [0.1, 0.15) is 0 Å². The highest BCUT2D eigenvalue weighted by Crippen LogP contribution is 2.40. The van der Waals surface area contributed by atoms with Gasteiger partial charge in [0.25, 0.3) is 11.5 Å². The van der Waals surface area contributed by atoms with Gasteiger partial charge in [0.15, 0.2) is 0 Å². The van der Waals surface area contributed by atoms with Crippen molar-refractivity contribution < 1.29 is 32.6 Å². The van der Waals surface area contributed by atoms with Crippen molar-refractivity contribution in [2.45, 2.75) is 25.6 Å². The fourth-order valence-electron chi connectivity index (χ4n) is 2.49. The van der Waals surface area contributed by atoms with E-state index in [1.807, 2.05) is 0 Å². The Balaban J connectivity index is 2.39. The second-order valence-electron chi connectivity index (χ2n) is 5.50. The van der Waals surface area contributed by atoms with E-state index in [0.717, 1.165) is 12.1 Å². The second-order valence-corrected chi connectivity index (χ2v) is 6.45. The van der Waals surface area contributed by atoms with E-state index in [-0.39, 0.29) is 19.1 Å². The lowest BCUT2D eigenvalue weighted by Crippen LogP contribution is -2.50. The highest BCUT2D eigenvalue weighted by Gasteiger charge is 2.62. The first-order chi connectivity index (χ1) is 12.7. The molecule has 146 valence electrons. The molecule has 2 rings (SSSR count). The van der Waals surface area contributed by atoms with E-state index in [4.69, 9.17) is 0 Å². The molecular formula is C18H18F3NO4S. The van der Waals surface area contributed by atoms with Gasteiger partial charge in [-0.3, -0.25) is 4.79 Å². The molecule has 0 saturated heterocycles. The number of carbonyl (C=O) groups is 2. The highest BCUT2D eigenvalue weighted by molar-refractivity contribution is 7.12. The number of nitrogens with zero attached hydrogens (tertiary/aromatic N) is 1. The summed E-state index contributed by atoms with van der Waals surface area (Å²) in [5.74, 6) is -2.09. The third-order valence-corrected chi connectivity index (χ3v) is 4.73. The highest BCUT2D eigenvalue weighted by atomic mass is 32.1. The van der Waals surface area contributed by atoms with Gasteiger partial charge >= 0.3 is 12.1 Å². The van der Waals surface area contributed by atoms with Gasteiger partial charge in [-0.1, -0.05) is 18.2 Å². The van der Waals surface area contributed by atoms with Crippen LogP contribution in [0.2, 0.25) is 0 Å². The van der Waals surface area contributed by atoms with Crippen molar-refractivity contribution in [3.63, 3.8) is 0 Å². The molecule has 1 aromatic carbocycles. The Labute approximate surface area is 158 Å². The number of aliphatic hydroxyl groups is 1. The molecule has 1 atom stereocenters. The van der Waals surface area contributed by atoms with Gasteiger partial charge in [-0.25, -0.2) is 4.79 Å². The molecule has 1 unspecified atom stereocenters. The van der Waals surface area contributed by atoms with E-state index >= 15 is 0 Å². The first-order valence-electron chi connectivity index (χ1n) is 8.09. The Morgan fingerprint density at radius 1 is 1.15 bits per heavy atom. The predicted octanol–water partition coefficient (Wildman–Crippen LogP) is 3.73. The van der Waals surface area contributed by atoms with E-state index < -0.39 is 23.3 Å². The lowest BCUT2D eigenvalue weighted by molar-refractivity contribution is -0.267. The molecule has 1 aromatic heterocycles. The number of halogens is 3. The van der Waals surface area contributed by atoms with Crippen LogP contribution < -0.4 is 4.90 Å². The molecular weight excluding hydrogens is 383 g/mol. The number of hydrogen-bond acceptors (Lipinski definition) is 5. The number of hydrogen-bond donors (Lipinski definition) is 1. The lowest BCUT2D eigenvalue weighted by Gasteiger charge is -2.29. The van der Waals surface area contributed by atoms with Crippen LogP contribution in [-0.2, 0) is 15.1 Å². The molecule has 0 fully saturated rings. The lowest BCUT2D eigenvalue weighted by atomic mass is 9.93. The fraction of sp³-hybridized carbons (Fsp3) is 0.333. The number of rotatable bonds is 6. The zero-order chi connectivity index (χ0) is 20.2. The molecule has 9 heteroatoms. The largest absolute Gasteiger partial charge is 0.463 e. The van der Waals surface area contributed by atoms with Crippen molar-refractivity contribution >= 4 is 28.9 Å². The van der Waals surface area contributed by atoms with Crippen LogP contribution >= 0.6 is 11.3 Å². The first kappa shape index (κ1) is 20.9. The molecule has 0 aliphatic rings. The number of thiophene rings is 1. The number of anilines is 1. The number of amides is 1. The van der Waals surface area contributed by atoms with Gasteiger partial charge in [0.05, 0.1) is 11.5 Å². The van der Waals surface area contributed by atoms with Crippen LogP contribution in [0.4, 0.5) is 18.9 Å². The monoisotopic (exact) mass is 401 g/mol. The van der Waals surface area contributed by atoms with Crippen LogP contribution in [0.3, 0.4) is 0 Å². The molecule has 0 saturated carbocycles. The number of esters is 1. The SMILES string of the molecule is CCOC(=O)C(O)(c1ccc(N(CC)C(=O)c2cccs2)cc1)C(F)(F)F. The Hall–Kier alpha value is -2.39. The summed E-state index contributed by atoms with van der Waals surface area (Å²) in [6.45, 7) is 3.04. The summed E-state index contributed by atoms with van der Waals surface area (Å²) in [6, 6.07) is 7.79. The molecule has 2 aromatic rings. The summed E-state index contributed by atoms with van der Waals surface area (Å²) < 4.78 is 44.6. The Bertz CT molecular complexity index is 790. The molecule has 0 spiro atoms. The number of ether oxygens (including phenoxy) is 1. The summed E-state index contributed by atoms with van der Waals surface area (Å²) in [6.07, 6.45) is -5.27. The van der Waals surface area contributed by atoms with Crippen molar-refractivity contribution in [1.29, 1.82) is 0 Å². The number of carbonyl (C=O) groups excluding carboxylic acids is 2. The Kier molecular flexibility index (Phi) is 6.27. The summed E-state index contributed by atoms with van der Waals surface area (Å²) in [5, 5.41) is 11.8. The van der Waals surface area contributed by atoms with E-state index in [1.54, 1.807) is 24.4 Å². The van der Waals surface area contributed by atoms with Gasteiger partial charge in [0, 0.05) is 17.8 Å². The predicted molar refractivity (Wildman–Crippen MR) is 94.7 cm³/mol. The molecule has 1 amide bonds. The van der Waals surface area contributed by atoms with Crippen molar-refractivity contribution in [3.05, 3.63) is 52.2 Å². The maximum absolute atomic E-state index is 13.4. The molecule has 0 bridgehead atoms. The second kappa shape index (κ2) is 8.10. The number of alkyl halides is 3. The van der Waals surface area contributed by atoms with Crippen LogP contribution in [0.25, 0.3) is 0 Å². The van der Waals surface area contributed by atoms with Crippen LogP contribution in [-0.4, -0.2) is 36.3 Å². The molecule has 5 nitrogen and oxygen atoms in total. The summed E-state index contributed by atoms with van der Waals surface area (Å²) in [5.41, 5.74) is -4.12. The Morgan fingerprint density at radius 2 is 1.78 bits per heavy atom. The van der Waals surface area contributed by atoms with Crippen molar-refractivity contribution in [2.24, 2.45) is 0 Å². The van der Waals surface area contributed by atoms with Gasteiger partial charge in [-0.05, 0) is 37.4 Å². The molecule has 1 N–H and O–H groups in total. The fourth-order valence-corrected chi connectivity index (χ4v) is 3.16. The topological polar surface area (TPSA) is 66.8 Å². The first-order valence-corrected chi connectivity index (χ1v) is 8.97. The van der Waals surface area contributed by atoms with Gasteiger partial charge in [-0.2, -0.15) is 13.2 Å². The average Bonchev–Trinajstić information content (AvgIpc) is 3.16. The third kappa shape index (κ3) is 3.98. The molecule has 0 radical (unpaired) electrons. The minimum atomic E-state index is -5.27. The summed E-state index contributed by atoms with van der Waals surface area (Å²) in [4.78, 5) is 26.2. The standard InChI is InChI=1S/C18H18F3NO4S/c1-3-22(15(23)14-6-5-11-27-14)13-9-7-12(8-10-13)17(25,18(19,20)21)16(24)26-4-2/h5-11,25H,3-4H2,1-2H3. The van der Waals surface area contributed by atoms with Crippen LogP contribution in [0.1, 0.15) is 29.1 Å². The molecule has 0 aliphatic carbocycles. The molecule has 1 heterocycles. The average molecular weight is 401 g/mol. The molecule has 27 heavy (non-hydrogen) atoms. The Morgan fingerprint density at radius 3 is 2.22 bits per heavy atom. The van der Waals surface area contributed by atoms with E-state index in [2.05, 4.69) is 4.74 Å². The normalized spacial score (nSPS) is 13.7. The zero-order valence-electron chi connectivity index (χ0n) is 14.6. The van der Waals surface area contributed by atoms with Crippen LogP contribution in [0.5, 0.6) is 0 Å². The molecule has 0 aliphatic heterocycles. The third-order valence-electron chi connectivity index (χ3n) is 3.87. The van der Waals surface area contributed by atoms with E-state index in [9.17, 15) is 27.9 Å². The minimum Gasteiger partial charge on any atom is -0.463 e. The summed E-state index contributed by atoms with van der Waals surface area (Å²) >= 11 is 1.25. The maximum atomic E-state index is 13.4. The van der Waals surface area contributed by atoms with Crippen molar-refractivity contribution in [2.75, 3.05) is 18.1 Å². The van der Waals surface area contributed by atoms with E-state index in [0.29, 0.717) is 10.6 Å². The summed E-state index contributed by atoms with van der Waals surface area (Å²) in [7, 11) is 0.